The highest BCUT2D eigenvalue weighted by Gasteiger charge is 2.13. The number of carbonyl (C=O) groups is 1. The van der Waals surface area contributed by atoms with E-state index in [1.807, 2.05) is 43.3 Å². The molecule has 0 saturated heterocycles. The molecule has 106 valence electrons. The van der Waals surface area contributed by atoms with Gasteiger partial charge in [-0.15, -0.1) is 12.4 Å². The predicted molar refractivity (Wildman–Crippen MR) is 87.1 cm³/mol. The molecule has 3 nitrogen and oxygen atoms in total. The van der Waals surface area contributed by atoms with E-state index in [4.69, 9.17) is 11.6 Å². The van der Waals surface area contributed by atoms with Crippen molar-refractivity contribution < 1.29 is 4.79 Å². The van der Waals surface area contributed by atoms with Crippen molar-refractivity contribution in [2.75, 3.05) is 0 Å². The number of hydrogen-bond donors (Lipinski definition) is 0. The van der Waals surface area contributed by atoms with Crippen LogP contribution in [0.25, 0.3) is 22.3 Å². The van der Waals surface area contributed by atoms with E-state index < -0.39 is 5.24 Å². The average molecular weight is 319 g/mol. The van der Waals surface area contributed by atoms with Crippen LogP contribution in [0.4, 0.5) is 0 Å². The van der Waals surface area contributed by atoms with Crippen LogP contribution in [-0.4, -0.2) is 15.2 Å². The Hall–Kier alpha value is -1.97. The van der Waals surface area contributed by atoms with E-state index >= 15 is 0 Å². The molecule has 0 unspecified atom stereocenters. The quantitative estimate of drug-likeness (QED) is 0.657. The topological polar surface area (TPSA) is 42.9 Å². The standard InChI is InChI=1S/C16H11ClN2O.ClH/c1-10-5-4-6-11-12(16(17)20)9-14(19-15(10)11)13-7-2-3-8-18-13;/h2-9H,1H3;1H. The molecule has 0 amide bonds. The van der Waals surface area contributed by atoms with Crippen molar-refractivity contribution in [1.29, 1.82) is 0 Å². The van der Waals surface area contributed by atoms with Crippen molar-refractivity contribution in [3.8, 4) is 11.4 Å². The van der Waals surface area contributed by atoms with Crippen LogP contribution < -0.4 is 0 Å². The number of para-hydroxylation sites is 1. The Labute approximate surface area is 133 Å². The molecule has 0 bridgehead atoms. The van der Waals surface area contributed by atoms with Gasteiger partial charge in [0.25, 0.3) is 5.24 Å². The maximum atomic E-state index is 11.7. The van der Waals surface area contributed by atoms with Crippen LogP contribution >= 0.6 is 24.0 Å². The lowest BCUT2D eigenvalue weighted by Crippen LogP contribution is -1.97. The smallest absolute Gasteiger partial charge is 0.253 e. The Balaban J connectivity index is 0.00000161. The van der Waals surface area contributed by atoms with Gasteiger partial charge < -0.3 is 0 Å². The molecule has 2 heterocycles. The van der Waals surface area contributed by atoms with Gasteiger partial charge in [-0.05, 0) is 42.3 Å². The van der Waals surface area contributed by atoms with Gasteiger partial charge in [0.15, 0.2) is 0 Å². The zero-order valence-electron chi connectivity index (χ0n) is 11.2. The fourth-order valence-corrected chi connectivity index (χ4v) is 2.36. The third kappa shape index (κ3) is 2.89. The van der Waals surface area contributed by atoms with Gasteiger partial charge in [-0.3, -0.25) is 9.78 Å². The number of halogens is 2. The maximum Gasteiger partial charge on any atom is 0.253 e. The normalized spacial score (nSPS) is 10.2. The van der Waals surface area contributed by atoms with E-state index in [9.17, 15) is 4.79 Å². The molecule has 0 aliphatic carbocycles. The molecular formula is C16H12Cl2N2O. The number of carbonyl (C=O) groups excluding carboxylic acids is 1. The highest BCUT2D eigenvalue weighted by Crippen LogP contribution is 2.26. The summed E-state index contributed by atoms with van der Waals surface area (Å²) in [5.41, 5.74) is 3.60. The van der Waals surface area contributed by atoms with E-state index in [-0.39, 0.29) is 12.4 Å². The molecule has 2 aromatic heterocycles. The molecule has 0 spiro atoms. The Morgan fingerprint density at radius 3 is 2.57 bits per heavy atom. The summed E-state index contributed by atoms with van der Waals surface area (Å²) >= 11 is 5.71. The number of pyridine rings is 2. The Kier molecular flexibility index (Phi) is 4.56. The van der Waals surface area contributed by atoms with E-state index in [0.29, 0.717) is 11.3 Å². The highest BCUT2D eigenvalue weighted by atomic mass is 35.5. The van der Waals surface area contributed by atoms with Crippen LogP contribution in [0.1, 0.15) is 15.9 Å². The third-order valence-corrected chi connectivity index (χ3v) is 3.38. The molecule has 3 aromatic rings. The Morgan fingerprint density at radius 1 is 1.10 bits per heavy atom. The van der Waals surface area contributed by atoms with E-state index in [2.05, 4.69) is 9.97 Å². The first kappa shape index (κ1) is 15.4. The lowest BCUT2D eigenvalue weighted by atomic mass is 10.0. The van der Waals surface area contributed by atoms with Gasteiger partial charge >= 0.3 is 0 Å². The molecule has 0 aliphatic heterocycles. The number of aromatic nitrogens is 2. The first-order valence-corrected chi connectivity index (χ1v) is 6.56. The molecule has 0 saturated carbocycles. The van der Waals surface area contributed by atoms with Gasteiger partial charge in [-0.25, -0.2) is 4.98 Å². The minimum absolute atomic E-state index is 0. The predicted octanol–water partition coefficient (Wildman–Crippen LogP) is 4.41. The number of hydrogen-bond acceptors (Lipinski definition) is 3. The van der Waals surface area contributed by atoms with Gasteiger partial charge in [0.1, 0.15) is 0 Å². The third-order valence-electron chi connectivity index (χ3n) is 3.18. The number of aryl methyl sites for hydroxylation is 1. The molecule has 1 aromatic carbocycles. The lowest BCUT2D eigenvalue weighted by Gasteiger charge is -2.08. The summed E-state index contributed by atoms with van der Waals surface area (Å²) in [6.07, 6.45) is 1.70. The summed E-state index contributed by atoms with van der Waals surface area (Å²) in [6.45, 7) is 1.96. The number of rotatable bonds is 2. The van der Waals surface area contributed by atoms with Crippen LogP contribution in [0.2, 0.25) is 0 Å². The lowest BCUT2D eigenvalue weighted by molar-refractivity contribution is 0.108. The van der Waals surface area contributed by atoms with Gasteiger partial charge in [0, 0.05) is 17.1 Å². The summed E-state index contributed by atoms with van der Waals surface area (Å²) in [6, 6.07) is 13.0. The van der Waals surface area contributed by atoms with Crippen LogP contribution in [0.3, 0.4) is 0 Å². The summed E-state index contributed by atoms with van der Waals surface area (Å²) in [5, 5.41) is 0.282. The molecular weight excluding hydrogens is 307 g/mol. The van der Waals surface area contributed by atoms with Crippen molar-refractivity contribution in [2.45, 2.75) is 6.92 Å². The minimum atomic E-state index is -0.486. The molecule has 21 heavy (non-hydrogen) atoms. The van der Waals surface area contributed by atoms with Gasteiger partial charge in [-0.1, -0.05) is 24.3 Å². The van der Waals surface area contributed by atoms with Crippen molar-refractivity contribution in [1.82, 2.24) is 9.97 Å². The first-order valence-electron chi connectivity index (χ1n) is 6.18. The second-order valence-corrected chi connectivity index (χ2v) is 4.86. The summed E-state index contributed by atoms with van der Waals surface area (Å²) in [7, 11) is 0. The zero-order valence-corrected chi connectivity index (χ0v) is 12.8. The van der Waals surface area contributed by atoms with Crippen LogP contribution in [0.15, 0.2) is 48.7 Å². The van der Waals surface area contributed by atoms with Crippen LogP contribution in [0, 0.1) is 6.92 Å². The fourth-order valence-electron chi connectivity index (χ4n) is 2.20. The molecule has 3 rings (SSSR count). The molecule has 0 radical (unpaired) electrons. The monoisotopic (exact) mass is 318 g/mol. The average Bonchev–Trinajstić information content (AvgIpc) is 2.47. The highest BCUT2D eigenvalue weighted by molar-refractivity contribution is 6.68. The van der Waals surface area contributed by atoms with Gasteiger partial charge in [-0.2, -0.15) is 0 Å². The molecule has 5 heteroatoms. The van der Waals surface area contributed by atoms with Crippen molar-refractivity contribution in [3.05, 3.63) is 59.8 Å². The van der Waals surface area contributed by atoms with Crippen LogP contribution in [-0.2, 0) is 0 Å². The number of benzene rings is 1. The minimum Gasteiger partial charge on any atom is -0.276 e. The second kappa shape index (κ2) is 6.20. The van der Waals surface area contributed by atoms with Gasteiger partial charge in [0.2, 0.25) is 0 Å². The summed E-state index contributed by atoms with van der Waals surface area (Å²) in [5.74, 6) is 0. The summed E-state index contributed by atoms with van der Waals surface area (Å²) in [4.78, 5) is 20.6. The van der Waals surface area contributed by atoms with Crippen molar-refractivity contribution in [2.24, 2.45) is 0 Å². The van der Waals surface area contributed by atoms with Crippen molar-refractivity contribution in [3.63, 3.8) is 0 Å². The number of nitrogens with zero attached hydrogens (tertiary/aromatic N) is 2. The van der Waals surface area contributed by atoms with E-state index in [1.165, 1.54) is 0 Å². The molecule has 0 aliphatic rings. The Morgan fingerprint density at radius 2 is 1.90 bits per heavy atom. The SMILES string of the molecule is Cc1cccc2c(C(=O)Cl)cc(-c3ccccn3)nc12.Cl. The van der Waals surface area contributed by atoms with Crippen LogP contribution in [0.5, 0.6) is 0 Å². The Bertz CT molecular complexity index is 804. The first-order chi connectivity index (χ1) is 9.66. The number of fused-ring (bicyclic) bond motifs is 1. The molecule has 0 N–H and O–H groups in total. The summed E-state index contributed by atoms with van der Waals surface area (Å²) < 4.78 is 0. The maximum absolute atomic E-state index is 11.7. The van der Waals surface area contributed by atoms with Gasteiger partial charge in [0.05, 0.1) is 16.9 Å². The fraction of sp³-hybridized carbons (Fsp3) is 0.0625. The van der Waals surface area contributed by atoms with E-state index in [0.717, 1.165) is 22.2 Å². The molecule has 0 fully saturated rings. The largest absolute Gasteiger partial charge is 0.276 e. The second-order valence-electron chi connectivity index (χ2n) is 4.51. The van der Waals surface area contributed by atoms with E-state index in [1.54, 1.807) is 12.3 Å². The molecule has 0 atom stereocenters. The van der Waals surface area contributed by atoms with Crippen molar-refractivity contribution >= 4 is 40.2 Å². The zero-order chi connectivity index (χ0) is 14.1.